The molecule has 5 rings (SSSR count). The maximum absolute atomic E-state index is 6.06. The molecule has 2 N–H and O–H groups in total. The van der Waals surface area contributed by atoms with E-state index in [0.29, 0.717) is 5.92 Å². The first-order chi connectivity index (χ1) is 10.2. The average Bonchev–Trinajstić information content (AvgIpc) is 2.88. The van der Waals surface area contributed by atoms with E-state index in [-0.39, 0.29) is 0 Å². The van der Waals surface area contributed by atoms with Gasteiger partial charge in [0.05, 0.1) is 6.20 Å². The standard InChI is InChI=1S/C17H22N4/c1-20-17(18)15(10-19-20)12-2-4-13(5-3-12)16-11-21-8-6-14(16)7-9-21/h2-5,10,14,16H,6-9,11,18H2,1H3. The minimum Gasteiger partial charge on any atom is -0.383 e. The Morgan fingerprint density at radius 1 is 1.14 bits per heavy atom. The van der Waals surface area contributed by atoms with E-state index < -0.39 is 0 Å². The zero-order valence-electron chi connectivity index (χ0n) is 12.5. The summed E-state index contributed by atoms with van der Waals surface area (Å²) in [5, 5.41) is 4.22. The minimum atomic E-state index is 0.716. The molecule has 1 aromatic heterocycles. The van der Waals surface area contributed by atoms with Gasteiger partial charge in [0.15, 0.2) is 0 Å². The van der Waals surface area contributed by atoms with Crippen LogP contribution in [0.4, 0.5) is 5.82 Å². The van der Waals surface area contributed by atoms with Gasteiger partial charge in [-0.05, 0) is 48.9 Å². The number of benzene rings is 1. The molecule has 3 aliphatic rings. The SMILES string of the molecule is Cn1ncc(-c2ccc(C3CN4CCC3CC4)cc2)c1N. The highest BCUT2D eigenvalue weighted by atomic mass is 15.3. The maximum atomic E-state index is 6.06. The number of fused-ring (bicyclic) bond motifs is 3. The second-order valence-corrected chi connectivity index (χ2v) is 6.43. The molecule has 0 aliphatic carbocycles. The lowest BCUT2D eigenvalue weighted by Gasteiger charge is -2.45. The van der Waals surface area contributed by atoms with Crippen LogP contribution in [-0.4, -0.2) is 34.3 Å². The van der Waals surface area contributed by atoms with Crippen LogP contribution < -0.4 is 5.73 Å². The van der Waals surface area contributed by atoms with Crippen LogP contribution in [0, 0.1) is 5.92 Å². The molecule has 3 aliphatic heterocycles. The number of rotatable bonds is 2. The van der Waals surface area contributed by atoms with Gasteiger partial charge in [-0.1, -0.05) is 24.3 Å². The van der Waals surface area contributed by atoms with Crippen LogP contribution in [0.25, 0.3) is 11.1 Å². The van der Waals surface area contributed by atoms with Gasteiger partial charge in [-0.25, -0.2) is 0 Å². The Morgan fingerprint density at radius 2 is 1.86 bits per heavy atom. The predicted molar refractivity (Wildman–Crippen MR) is 85.0 cm³/mol. The Hall–Kier alpha value is -1.81. The zero-order valence-corrected chi connectivity index (χ0v) is 12.5. The lowest BCUT2D eigenvalue weighted by molar-refractivity contribution is 0.0871. The second kappa shape index (κ2) is 4.88. The summed E-state index contributed by atoms with van der Waals surface area (Å²) in [6.07, 6.45) is 4.57. The smallest absolute Gasteiger partial charge is 0.129 e. The molecular weight excluding hydrogens is 260 g/mol. The highest BCUT2D eigenvalue weighted by Gasteiger charge is 2.34. The first-order valence-electron chi connectivity index (χ1n) is 7.82. The number of nitrogens with two attached hydrogens (primary N) is 1. The molecule has 1 aromatic carbocycles. The lowest BCUT2D eigenvalue weighted by atomic mass is 9.75. The number of hydrogen-bond donors (Lipinski definition) is 1. The van der Waals surface area contributed by atoms with Gasteiger partial charge in [-0.2, -0.15) is 5.10 Å². The molecule has 0 spiro atoms. The van der Waals surface area contributed by atoms with Gasteiger partial charge in [-0.3, -0.25) is 4.68 Å². The Bertz CT molecular complexity index is 635. The largest absolute Gasteiger partial charge is 0.383 e. The number of nitrogens with zero attached hydrogens (tertiary/aromatic N) is 3. The normalized spacial score (nSPS) is 28.0. The summed E-state index contributed by atoms with van der Waals surface area (Å²) in [6, 6.07) is 8.96. The summed E-state index contributed by atoms with van der Waals surface area (Å²) >= 11 is 0. The summed E-state index contributed by atoms with van der Waals surface area (Å²) in [5.74, 6) is 2.32. The van der Waals surface area contributed by atoms with Crippen LogP contribution in [-0.2, 0) is 7.05 Å². The minimum absolute atomic E-state index is 0.716. The van der Waals surface area contributed by atoms with Crippen LogP contribution in [0.2, 0.25) is 0 Å². The van der Waals surface area contributed by atoms with Gasteiger partial charge in [0.2, 0.25) is 0 Å². The molecule has 2 aromatic rings. The number of anilines is 1. The van der Waals surface area contributed by atoms with Crippen molar-refractivity contribution in [3.8, 4) is 11.1 Å². The van der Waals surface area contributed by atoms with Gasteiger partial charge in [-0.15, -0.1) is 0 Å². The Morgan fingerprint density at radius 3 is 2.38 bits per heavy atom. The van der Waals surface area contributed by atoms with E-state index in [1.165, 1.54) is 38.0 Å². The van der Waals surface area contributed by atoms with Crippen LogP contribution >= 0.6 is 0 Å². The average molecular weight is 282 g/mol. The number of hydrogen-bond acceptors (Lipinski definition) is 3. The molecule has 4 nitrogen and oxygen atoms in total. The monoisotopic (exact) mass is 282 g/mol. The van der Waals surface area contributed by atoms with E-state index in [1.54, 1.807) is 4.68 Å². The first-order valence-corrected chi connectivity index (χ1v) is 7.82. The third-order valence-electron chi connectivity index (χ3n) is 5.29. The van der Waals surface area contributed by atoms with E-state index in [0.717, 1.165) is 22.9 Å². The summed E-state index contributed by atoms with van der Waals surface area (Å²) in [4.78, 5) is 2.61. The van der Waals surface area contributed by atoms with E-state index in [9.17, 15) is 0 Å². The van der Waals surface area contributed by atoms with Crippen molar-refractivity contribution in [2.45, 2.75) is 18.8 Å². The number of piperidine rings is 3. The molecule has 0 amide bonds. The van der Waals surface area contributed by atoms with Gasteiger partial charge < -0.3 is 10.6 Å². The number of aryl methyl sites for hydroxylation is 1. The Labute approximate surface area is 125 Å². The van der Waals surface area contributed by atoms with Crippen molar-refractivity contribution in [1.82, 2.24) is 14.7 Å². The van der Waals surface area contributed by atoms with E-state index in [1.807, 2.05) is 13.2 Å². The van der Waals surface area contributed by atoms with E-state index >= 15 is 0 Å². The van der Waals surface area contributed by atoms with Crippen molar-refractivity contribution in [2.75, 3.05) is 25.4 Å². The van der Waals surface area contributed by atoms with Crippen molar-refractivity contribution >= 4 is 5.82 Å². The molecule has 3 saturated heterocycles. The molecule has 0 radical (unpaired) electrons. The lowest BCUT2D eigenvalue weighted by Crippen LogP contribution is -2.46. The second-order valence-electron chi connectivity index (χ2n) is 6.43. The highest BCUT2D eigenvalue weighted by Crippen LogP contribution is 2.39. The topological polar surface area (TPSA) is 47.1 Å². The fraction of sp³-hybridized carbons (Fsp3) is 0.471. The molecule has 4 heterocycles. The summed E-state index contributed by atoms with van der Waals surface area (Å²) in [7, 11) is 1.88. The van der Waals surface area contributed by atoms with Crippen molar-refractivity contribution in [2.24, 2.45) is 13.0 Å². The van der Waals surface area contributed by atoms with E-state index in [2.05, 4.69) is 34.3 Å². The predicted octanol–water partition coefficient (Wildman–Crippen LogP) is 2.48. The number of aromatic nitrogens is 2. The summed E-state index contributed by atoms with van der Waals surface area (Å²) in [6.45, 7) is 3.83. The maximum Gasteiger partial charge on any atom is 0.129 e. The van der Waals surface area contributed by atoms with Crippen molar-refractivity contribution in [1.29, 1.82) is 0 Å². The molecule has 21 heavy (non-hydrogen) atoms. The first kappa shape index (κ1) is 12.9. The molecule has 3 fully saturated rings. The van der Waals surface area contributed by atoms with Crippen LogP contribution in [0.5, 0.6) is 0 Å². The number of nitrogen functional groups attached to an aromatic ring is 1. The van der Waals surface area contributed by atoms with Crippen LogP contribution in [0.1, 0.15) is 24.3 Å². The van der Waals surface area contributed by atoms with Gasteiger partial charge in [0, 0.05) is 19.2 Å². The molecular formula is C17H22N4. The summed E-state index contributed by atoms with van der Waals surface area (Å²) in [5.41, 5.74) is 9.72. The van der Waals surface area contributed by atoms with Crippen LogP contribution in [0.15, 0.2) is 30.5 Å². The molecule has 1 atom stereocenters. The Balaban J connectivity index is 1.60. The van der Waals surface area contributed by atoms with Gasteiger partial charge in [0.1, 0.15) is 5.82 Å². The Kier molecular flexibility index (Phi) is 3.00. The van der Waals surface area contributed by atoms with Gasteiger partial charge in [0.25, 0.3) is 0 Å². The van der Waals surface area contributed by atoms with Crippen molar-refractivity contribution in [3.63, 3.8) is 0 Å². The fourth-order valence-corrected chi connectivity index (χ4v) is 3.92. The molecule has 2 bridgehead atoms. The third-order valence-corrected chi connectivity index (χ3v) is 5.29. The highest BCUT2D eigenvalue weighted by molar-refractivity contribution is 5.73. The summed E-state index contributed by atoms with van der Waals surface area (Å²) < 4.78 is 1.72. The quantitative estimate of drug-likeness (QED) is 0.920. The van der Waals surface area contributed by atoms with Crippen molar-refractivity contribution < 1.29 is 0 Å². The van der Waals surface area contributed by atoms with E-state index in [4.69, 9.17) is 5.73 Å². The van der Waals surface area contributed by atoms with Crippen LogP contribution in [0.3, 0.4) is 0 Å². The zero-order chi connectivity index (χ0) is 14.4. The fourth-order valence-electron chi connectivity index (χ4n) is 3.92. The molecule has 0 saturated carbocycles. The molecule has 110 valence electrons. The third kappa shape index (κ3) is 2.14. The van der Waals surface area contributed by atoms with Crippen molar-refractivity contribution in [3.05, 3.63) is 36.0 Å². The molecule has 1 unspecified atom stereocenters. The van der Waals surface area contributed by atoms with Gasteiger partial charge >= 0.3 is 0 Å². The molecule has 4 heteroatoms.